The summed E-state index contributed by atoms with van der Waals surface area (Å²) in [7, 11) is 0. The molecular weight excluding hydrogens is 260 g/mol. The fraction of sp³-hybridized carbons (Fsp3) is 0.111. The highest BCUT2D eigenvalue weighted by molar-refractivity contribution is 6.29. The Morgan fingerprint density at radius 1 is 1.50 bits per heavy atom. The Bertz CT molecular complexity index is 544. The lowest BCUT2D eigenvalue weighted by Gasteiger charge is -2.05. The number of halogens is 1. The zero-order valence-electron chi connectivity index (χ0n) is 9.05. The number of rotatable bonds is 4. The molecule has 0 fully saturated rings. The molecule has 0 aliphatic heterocycles. The van der Waals surface area contributed by atoms with Crippen molar-refractivity contribution in [2.45, 2.75) is 6.54 Å². The maximum absolute atomic E-state index is 11.8. The third-order valence-corrected chi connectivity index (χ3v) is 2.21. The van der Waals surface area contributed by atoms with Gasteiger partial charge in [-0.15, -0.1) is 0 Å². The lowest BCUT2D eigenvalue weighted by Crippen LogP contribution is -2.24. The summed E-state index contributed by atoms with van der Waals surface area (Å²) in [6, 6.07) is 2.89. The molecule has 0 saturated heterocycles. The summed E-state index contributed by atoms with van der Waals surface area (Å²) in [6.07, 6.45) is 1.18. The number of carbonyl (C=O) groups is 1. The number of hydrogen-bond donors (Lipinski definition) is 3. The van der Waals surface area contributed by atoms with Gasteiger partial charge in [-0.05, 0) is 12.1 Å². The first-order valence-corrected chi connectivity index (χ1v) is 5.24. The second kappa shape index (κ2) is 5.43. The van der Waals surface area contributed by atoms with Crippen LogP contribution in [0.1, 0.15) is 16.2 Å². The van der Waals surface area contributed by atoms with E-state index in [0.717, 1.165) is 0 Å². The molecule has 0 aromatic carbocycles. The quantitative estimate of drug-likeness (QED) is 0.415. The van der Waals surface area contributed by atoms with Crippen molar-refractivity contribution < 1.29 is 9.32 Å². The van der Waals surface area contributed by atoms with E-state index in [1.165, 1.54) is 18.5 Å². The molecule has 8 nitrogen and oxygen atoms in total. The van der Waals surface area contributed by atoms with E-state index < -0.39 is 0 Å². The first-order chi connectivity index (χ1) is 8.69. The first-order valence-electron chi connectivity index (χ1n) is 4.86. The van der Waals surface area contributed by atoms with Gasteiger partial charge in [-0.2, -0.15) is 4.98 Å². The second-order valence-electron chi connectivity index (χ2n) is 3.24. The van der Waals surface area contributed by atoms with Crippen LogP contribution in [0.15, 0.2) is 23.0 Å². The van der Waals surface area contributed by atoms with Crippen molar-refractivity contribution in [1.29, 1.82) is 0 Å². The molecule has 9 heteroatoms. The largest absolute Gasteiger partial charge is 0.345 e. The van der Waals surface area contributed by atoms with Crippen molar-refractivity contribution >= 4 is 23.3 Å². The van der Waals surface area contributed by atoms with E-state index >= 15 is 0 Å². The van der Waals surface area contributed by atoms with E-state index in [0.29, 0.717) is 17.2 Å². The minimum absolute atomic E-state index is 0.153. The second-order valence-corrected chi connectivity index (χ2v) is 3.63. The molecule has 0 aliphatic rings. The summed E-state index contributed by atoms with van der Waals surface area (Å²) in [5.41, 5.74) is 2.64. The predicted octanol–water partition coefficient (Wildman–Crippen LogP) is 0.334. The van der Waals surface area contributed by atoms with Crippen LogP contribution < -0.4 is 16.6 Å². The Labute approximate surface area is 106 Å². The fourth-order valence-electron chi connectivity index (χ4n) is 1.23. The average molecular weight is 269 g/mol. The van der Waals surface area contributed by atoms with Crippen LogP contribution in [0.3, 0.4) is 0 Å². The van der Waals surface area contributed by atoms with Gasteiger partial charge >= 0.3 is 0 Å². The van der Waals surface area contributed by atoms with Gasteiger partial charge in [-0.25, -0.2) is 10.8 Å². The van der Waals surface area contributed by atoms with Crippen molar-refractivity contribution in [3.63, 3.8) is 0 Å². The molecule has 1 amide bonds. The first kappa shape index (κ1) is 12.3. The highest BCUT2D eigenvalue weighted by Crippen LogP contribution is 2.13. The molecule has 0 bridgehead atoms. The van der Waals surface area contributed by atoms with Crippen LogP contribution in [0.4, 0.5) is 5.82 Å². The molecule has 2 rings (SSSR count). The minimum Gasteiger partial charge on any atom is -0.345 e. The molecule has 0 atom stereocenters. The molecule has 2 heterocycles. The van der Waals surface area contributed by atoms with Crippen molar-refractivity contribution in [1.82, 2.24) is 20.4 Å². The Morgan fingerprint density at radius 3 is 3.00 bits per heavy atom. The zero-order chi connectivity index (χ0) is 13.0. The van der Waals surface area contributed by atoms with Gasteiger partial charge < -0.3 is 15.3 Å². The Kier molecular flexibility index (Phi) is 3.70. The van der Waals surface area contributed by atoms with Crippen LogP contribution in [-0.4, -0.2) is 21.0 Å². The van der Waals surface area contributed by atoms with Crippen LogP contribution in [-0.2, 0) is 6.54 Å². The number of nitrogens with one attached hydrogen (secondary N) is 2. The highest BCUT2D eigenvalue weighted by Gasteiger charge is 2.09. The number of pyridine rings is 1. The lowest BCUT2D eigenvalue weighted by atomic mass is 10.2. The zero-order valence-corrected chi connectivity index (χ0v) is 9.81. The standard InChI is InChI=1S/C9H9ClN6O2/c10-6-1-5(2-7(14-6)15-11)9(17)12-3-8-13-4-18-16-8/h1-2,4H,3,11H2,(H,12,17)(H,14,15). The van der Waals surface area contributed by atoms with Crippen LogP contribution in [0, 0.1) is 0 Å². The predicted molar refractivity (Wildman–Crippen MR) is 62.5 cm³/mol. The number of nitrogens with zero attached hydrogens (tertiary/aromatic N) is 3. The monoisotopic (exact) mass is 268 g/mol. The molecule has 0 radical (unpaired) electrons. The van der Waals surface area contributed by atoms with Crippen molar-refractivity contribution in [2.75, 3.05) is 5.43 Å². The SMILES string of the molecule is NNc1cc(C(=O)NCc2ncon2)cc(Cl)n1. The molecule has 18 heavy (non-hydrogen) atoms. The fourth-order valence-corrected chi connectivity index (χ4v) is 1.44. The van der Waals surface area contributed by atoms with Gasteiger partial charge in [0.2, 0.25) is 6.39 Å². The highest BCUT2D eigenvalue weighted by atomic mass is 35.5. The number of nitrogen functional groups attached to an aromatic ring is 1. The van der Waals surface area contributed by atoms with Gasteiger partial charge in [-0.1, -0.05) is 16.8 Å². The van der Waals surface area contributed by atoms with E-state index in [1.807, 2.05) is 0 Å². The topological polar surface area (TPSA) is 119 Å². The molecule has 0 saturated carbocycles. The van der Waals surface area contributed by atoms with Gasteiger partial charge in [0.25, 0.3) is 5.91 Å². The number of anilines is 1. The van der Waals surface area contributed by atoms with Crippen molar-refractivity contribution in [3.8, 4) is 0 Å². The maximum atomic E-state index is 11.8. The number of aromatic nitrogens is 3. The molecule has 2 aromatic heterocycles. The number of nitrogens with two attached hydrogens (primary N) is 1. The van der Waals surface area contributed by atoms with Gasteiger partial charge in [0.1, 0.15) is 11.0 Å². The van der Waals surface area contributed by atoms with Crippen LogP contribution in [0.25, 0.3) is 0 Å². The molecule has 94 valence electrons. The van der Waals surface area contributed by atoms with E-state index in [1.54, 1.807) is 0 Å². The van der Waals surface area contributed by atoms with E-state index in [-0.39, 0.29) is 17.6 Å². The number of carbonyl (C=O) groups excluding carboxylic acids is 1. The van der Waals surface area contributed by atoms with Crippen LogP contribution in [0.5, 0.6) is 0 Å². The summed E-state index contributed by atoms with van der Waals surface area (Å²) in [5, 5.41) is 6.32. The van der Waals surface area contributed by atoms with E-state index in [9.17, 15) is 4.79 Å². The van der Waals surface area contributed by atoms with Crippen LogP contribution in [0.2, 0.25) is 5.15 Å². The summed E-state index contributed by atoms with van der Waals surface area (Å²) < 4.78 is 4.54. The summed E-state index contributed by atoms with van der Waals surface area (Å²) in [6.45, 7) is 0.153. The van der Waals surface area contributed by atoms with Crippen LogP contribution >= 0.6 is 11.6 Å². The molecule has 0 unspecified atom stereocenters. The number of amides is 1. The molecule has 0 spiro atoms. The summed E-state index contributed by atoms with van der Waals surface area (Å²) in [5.74, 6) is 5.53. The normalized spacial score (nSPS) is 10.1. The molecule has 4 N–H and O–H groups in total. The Morgan fingerprint density at radius 2 is 2.33 bits per heavy atom. The molecule has 2 aromatic rings. The van der Waals surface area contributed by atoms with E-state index in [2.05, 4.69) is 30.4 Å². The van der Waals surface area contributed by atoms with Gasteiger partial charge in [0.05, 0.1) is 6.54 Å². The molecule has 0 aliphatic carbocycles. The molecular formula is C9H9ClN6O2. The Hall–Kier alpha value is -2.19. The number of hydrogen-bond acceptors (Lipinski definition) is 7. The van der Waals surface area contributed by atoms with Gasteiger partial charge in [0.15, 0.2) is 5.82 Å². The van der Waals surface area contributed by atoms with Crippen molar-refractivity contribution in [2.24, 2.45) is 5.84 Å². The lowest BCUT2D eigenvalue weighted by molar-refractivity contribution is 0.0949. The average Bonchev–Trinajstić information content (AvgIpc) is 2.88. The van der Waals surface area contributed by atoms with Crippen molar-refractivity contribution in [3.05, 3.63) is 35.1 Å². The minimum atomic E-state index is -0.347. The van der Waals surface area contributed by atoms with Gasteiger partial charge in [0, 0.05) is 5.56 Å². The smallest absolute Gasteiger partial charge is 0.251 e. The third kappa shape index (κ3) is 2.93. The Balaban J connectivity index is 2.06. The van der Waals surface area contributed by atoms with E-state index in [4.69, 9.17) is 17.4 Å². The number of hydrazine groups is 1. The maximum Gasteiger partial charge on any atom is 0.251 e. The third-order valence-electron chi connectivity index (χ3n) is 2.02. The summed E-state index contributed by atoms with van der Waals surface area (Å²) in [4.78, 5) is 19.4. The van der Waals surface area contributed by atoms with Gasteiger partial charge in [-0.3, -0.25) is 4.79 Å². The summed E-state index contributed by atoms with van der Waals surface area (Å²) >= 11 is 5.75.